The number of halogens is 1. The topological polar surface area (TPSA) is 74.6 Å². The molecular weight excluding hydrogens is 330 g/mol. The van der Waals surface area contributed by atoms with Crippen LogP contribution >= 0.6 is 12.4 Å². The van der Waals surface area contributed by atoms with E-state index in [9.17, 15) is 9.59 Å². The summed E-state index contributed by atoms with van der Waals surface area (Å²) in [6, 6.07) is 1.59. The molecule has 134 valence electrons. The average molecular weight is 356 g/mol. The van der Waals surface area contributed by atoms with Crippen LogP contribution in [0.1, 0.15) is 43.0 Å². The molecule has 3 rings (SSSR count). The highest BCUT2D eigenvalue weighted by Gasteiger charge is 2.28. The third kappa shape index (κ3) is 4.98. The zero-order chi connectivity index (χ0) is 16.2. The van der Waals surface area contributed by atoms with Gasteiger partial charge in [0, 0.05) is 19.1 Å². The second-order valence-electron chi connectivity index (χ2n) is 6.66. The van der Waals surface area contributed by atoms with Crippen LogP contribution in [-0.2, 0) is 4.79 Å². The summed E-state index contributed by atoms with van der Waals surface area (Å²) in [5.74, 6) is 0.593. The molecule has 1 aromatic heterocycles. The number of hydrogen-bond acceptors (Lipinski definition) is 4. The molecule has 1 aliphatic carbocycles. The van der Waals surface area contributed by atoms with E-state index in [-0.39, 0.29) is 24.2 Å². The Hall–Kier alpha value is -1.53. The van der Waals surface area contributed by atoms with Crippen molar-refractivity contribution < 1.29 is 14.0 Å². The van der Waals surface area contributed by atoms with E-state index in [4.69, 9.17) is 4.42 Å². The van der Waals surface area contributed by atoms with Crippen molar-refractivity contribution in [3.8, 4) is 0 Å². The maximum Gasteiger partial charge on any atom is 0.255 e. The SMILES string of the molecule is CC(NC(=O)c1ccoc1)C(=O)N1CCC(NCC2CC2)CC1.Cl. The minimum absolute atomic E-state index is 0. The normalized spacial score (nSPS) is 19.5. The van der Waals surface area contributed by atoms with Gasteiger partial charge in [0.1, 0.15) is 12.3 Å². The van der Waals surface area contributed by atoms with E-state index >= 15 is 0 Å². The van der Waals surface area contributed by atoms with Crippen molar-refractivity contribution in [1.82, 2.24) is 15.5 Å². The van der Waals surface area contributed by atoms with Crippen molar-refractivity contribution in [1.29, 1.82) is 0 Å². The lowest BCUT2D eigenvalue weighted by atomic mass is 10.0. The number of nitrogens with zero attached hydrogens (tertiary/aromatic N) is 1. The lowest BCUT2D eigenvalue weighted by Gasteiger charge is -2.34. The van der Waals surface area contributed by atoms with Crippen molar-refractivity contribution >= 4 is 24.2 Å². The molecule has 2 heterocycles. The number of hydrogen-bond donors (Lipinski definition) is 2. The molecule has 1 atom stereocenters. The first kappa shape index (κ1) is 18.8. The molecule has 2 amide bonds. The van der Waals surface area contributed by atoms with Gasteiger partial charge in [-0.25, -0.2) is 0 Å². The summed E-state index contributed by atoms with van der Waals surface area (Å²) in [7, 11) is 0. The van der Waals surface area contributed by atoms with Gasteiger partial charge in [-0.2, -0.15) is 0 Å². The number of rotatable bonds is 6. The second kappa shape index (κ2) is 8.53. The average Bonchev–Trinajstić information content (AvgIpc) is 3.23. The highest BCUT2D eigenvalue weighted by molar-refractivity contribution is 5.97. The van der Waals surface area contributed by atoms with Gasteiger partial charge in [0.15, 0.2) is 0 Å². The van der Waals surface area contributed by atoms with Gasteiger partial charge < -0.3 is 20.0 Å². The Morgan fingerprint density at radius 2 is 2.00 bits per heavy atom. The monoisotopic (exact) mass is 355 g/mol. The molecule has 6 nitrogen and oxygen atoms in total. The van der Waals surface area contributed by atoms with Crippen molar-refractivity contribution in [3.63, 3.8) is 0 Å². The second-order valence-corrected chi connectivity index (χ2v) is 6.66. The fraction of sp³-hybridized carbons (Fsp3) is 0.647. The van der Waals surface area contributed by atoms with E-state index < -0.39 is 6.04 Å². The highest BCUT2D eigenvalue weighted by Crippen LogP contribution is 2.28. The smallest absolute Gasteiger partial charge is 0.255 e. The molecule has 1 saturated heterocycles. The predicted octanol–water partition coefficient (Wildman–Crippen LogP) is 1.81. The highest BCUT2D eigenvalue weighted by atomic mass is 35.5. The van der Waals surface area contributed by atoms with Crippen LogP contribution < -0.4 is 10.6 Å². The summed E-state index contributed by atoms with van der Waals surface area (Å²) >= 11 is 0. The Balaban J connectivity index is 0.00000208. The number of likely N-dealkylation sites (tertiary alicyclic amines) is 1. The summed E-state index contributed by atoms with van der Waals surface area (Å²) in [6.45, 7) is 4.37. The Labute approximate surface area is 148 Å². The van der Waals surface area contributed by atoms with Crippen LogP contribution in [0.3, 0.4) is 0 Å². The summed E-state index contributed by atoms with van der Waals surface area (Å²) in [5.41, 5.74) is 0.438. The van der Waals surface area contributed by atoms with Gasteiger partial charge in [0.05, 0.1) is 11.8 Å². The Bertz CT molecular complexity index is 537. The van der Waals surface area contributed by atoms with E-state index in [1.165, 1.54) is 25.4 Å². The minimum Gasteiger partial charge on any atom is -0.472 e. The Kier molecular flexibility index (Phi) is 6.69. The molecule has 1 unspecified atom stereocenters. The van der Waals surface area contributed by atoms with Crippen LogP contribution in [0.15, 0.2) is 23.0 Å². The number of furan rings is 1. The molecule has 7 heteroatoms. The van der Waals surface area contributed by atoms with Crippen LogP contribution in [0.5, 0.6) is 0 Å². The lowest BCUT2D eigenvalue weighted by molar-refractivity contribution is -0.133. The molecule has 2 aliphatic rings. The standard InChI is InChI=1S/C17H25N3O3.ClH/c1-12(19-16(21)14-6-9-23-11-14)17(22)20-7-4-15(5-8-20)18-10-13-2-3-13;/h6,9,11-13,15,18H,2-5,7-8,10H2,1H3,(H,19,21);1H. The molecule has 24 heavy (non-hydrogen) atoms. The quantitative estimate of drug-likeness (QED) is 0.816. The van der Waals surface area contributed by atoms with Gasteiger partial charge in [0.2, 0.25) is 5.91 Å². The first-order chi connectivity index (χ1) is 11.1. The fourth-order valence-corrected chi connectivity index (χ4v) is 2.97. The van der Waals surface area contributed by atoms with E-state index in [2.05, 4.69) is 10.6 Å². The van der Waals surface area contributed by atoms with E-state index in [0.717, 1.165) is 38.4 Å². The van der Waals surface area contributed by atoms with Crippen molar-refractivity contribution in [2.24, 2.45) is 5.92 Å². The largest absolute Gasteiger partial charge is 0.472 e. The van der Waals surface area contributed by atoms with E-state index in [0.29, 0.717) is 11.6 Å². The van der Waals surface area contributed by atoms with Gasteiger partial charge >= 0.3 is 0 Å². The first-order valence-electron chi connectivity index (χ1n) is 8.48. The van der Waals surface area contributed by atoms with Crippen LogP contribution in [0.4, 0.5) is 0 Å². The molecule has 0 spiro atoms. The van der Waals surface area contributed by atoms with Gasteiger partial charge in [0.25, 0.3) is 5.91 Å². The van der Waals surface area contributed by atoms with Gasteiger partial charge in [-0.15, -0.1) is 12.4 Å². The van der Waals surface area contributed by atoms with Gasteiger partial charge in [-0.3, -0.25) is 9.59 Å². The van der Waals surface area contributed by atoms with Crippen molar-refractivity contribution in [2.75, 3.05) is 19.6 Å². The Morgan fingerprint density at radius 3 is 2.58 bits per heavy atom. The Morgan fingerprint density at radius 1 is 1.29 bits per heavy atom. The number of piperidine rings is 1. The lowest BCUT2D eigenvalue weighted by Crippen LogP contribution is -2.51. The molecule has 1 aromatic rings. The maximum absolute atomic E-state index is 12.5. The number of amides is 2. The summed E-state index contributed by atoms with van der Waals surface area (Å²) in [5, 5.41) is 6.34. The molecule has 2 fully saturated rings. The van der Waals surface area contributed by atoms with Crippen molar-refractivity contribution in [3.05, 3.63) is 24.2 Å². The van der Waals surface area contributed by atoms with Crippen LogP contribution in [0.25, 0.3) is 0 Å². The molecule has 0 aromatic carbocycles. The predicted molar refractivity (Wildman–Crippen MR) is 93.2 cm³/mol. The third-order valence-corrected chi connectivity index (χ3v) is 4.70. The molecule has 2 N–H and O–H groups in total. The van der Waals surface area contributed by atoms with E-state index in [1.54, 1.807) is 13.0 Å². The molecule has 1 aliphatic heterocycles. The maximum atomic E-state index is 12.5. The third-order valence-electron chi connectivity index (χ3n) is 4.70. The fourth-order valence-electron chi connectivity index (χ4n) is 2.97. The number of carbonyl (C=O) groups excluding carboxylic acids is 2. The summed E-state index contributed by atoms with van der Waals surface area (Å²) in [4.78, 5) is 26.3. The molecule has 0 radical (unpaired) electrons. The molecular formula is C17H26ClN3O3. The van der Waals surface area contributed by atoms with E-state index in [1.807, 2.05) is 4.90 Å². The van der Waals surface area contributed by atoms with Crippen LogP contribution in [-0.4, -0.2) is 48.4 Å². The first-order valence-corrected chi connectivity index (χ1v) is 8.48. The van der Waals surface area contributed by atoms with Gasteiger partial charge in [-0.1, -0.05) is 0 Å². The number of carbonyl (C=O) groups is 2. The van der Waals surface area contributed by atoms with Crippen LogP contribution in [0, 0.1) is 5.92 Å². The molecule has 1 saturated carbocycles. The minimum atomic E-state index is -0.520. The summed E-state index contributed by atoms with van der Waals surface area (Å²) in [6.07, 6.45) is 7.52. The van der Waals surface area contributed by atoms with Crippen LogP contribution in [0.2, 0.25) is 0 Å². The number of nitrogens with one attached hydrogen (secondary N) is 2. The molecule has 0 bridgehead atoms. The van der Waals surface area contributed by atoms with Gasteiger partial charge in [-0.05, 0) is 51.1 Å². The zero-order valence-corrected chi connectivity index (χ0v) is 14.8. The van der Waals surface area contributed by atoms with Crippen molar-refractivity contribution in [2.45, 2.75) is 44.7 Å². The zero-order valence-electron chi connectivity index (χ0n) is 14.0. The summed E-state index contributed by atoms with van der Waals surface area (Å²) < 4.78 is 4.89.